The Morgan fingerprint density at radius 1 is 1.16 bits per heavy atom. The van der Waals surface area contributed by atoms with Crippen molar-refractivity contribution in [2.24, 2.45) is 0 Å². The molecule has 32 heavy (non-hydrogen) atoms. The Hall–Kier alpha value is -3.67. The lowest BCUT2D eigenvalue weighted by Crippen LogP contribution is -2.36. The lowest BCUT2D eigenvalue weighted by atomic mass is 10.1. The molecule has 2 aromatic heterocycles. The molecule has 0 radical (unpaired) electrons. The van der Waals surface area contributed by atoms with Crippen LogP contribution in [0, 0.1) is 0 Å². The van der Waals surface area contributed by atoms with E-state index in [1.807, 2.05) is 6.07 Å². The van der Waals surface area contributed by atoms with Crippen LogP contribution < -0.4 is 15.5 Å². The number of nitrogens with one attached hydrogen (secondary N) is 2. The summed E-state index contributed by atoms with van der Waals surface area (Å²) in [5.74, 6) is 0.760. The van der Waals surface area contributed by atoms with Gasteiger partial charge in [0.15, 0.2) is 0 Å². The van der Waals surface area contributed by atoms with E-state index in [0.29, 0.717) is 13.2 Å². The number of halogens is 3. The molecule has 1 aliphatic heterocycles. The van der Waals surface area contributed by atoms with Crippen molar-refractivity contribution in [1.82, 2.24) is 25.1 Å². The second kappa shape index (κ2) is 9.22. The Kier molecular flexibility index (Phi) is 6.21. The van der Waals surface area contributed by atoms with Gasteiger partial charge in [-0.1, -0.05) is 0 Å². The Labute approximate surface area is 181 Å². The summed E-state index contributed by atoms with van der Waals surface area (Å²) in [6.07, 6.45) is -0.534. The lowest BCUT2D eigenvalue weighted by molar-refractivity contribution is -0.136. The molecule has 12 heteroatoms. The maximum atomic E-state index is 13.6. The Bertz CT molecular complexity index is 1070. The number of pyridine rings is 1. The molecule has 1 fully saturated rings. The van der Waals surface area contributed by atoms with Gasteiger partial charge in [-0.05, 0) is 35.9 Å². The zero-order chi connectivity index (χ0) is 22.6. The summed E-state index contributed by atoms with van der Waals surface area (Å²) < 4.78 is 47.2. The van der Waals surface area contributed by atoms with Gasteiger partial charge in [0, 0.05) is 25.8 Å². The third kappa shape index (κ3) is 5.14. The molecule has 2 amide bonds. The van der Waals surface area contributed by atoms with Crippen LogP contribution in [0.5, 0.6) is 0 Å². The highest BCUT2D eigenvalue weighted by Gasteiger charge is 2.34. The van der Waals surface area contributed by atoms with E-state index in [4.69, 9.17) is 4.74 Å². The van der Waals surface area contributed by atoms with Gasteiger partial charge in [0.05, 0.1) is 30.2 Å². The van der Waals surface area contributed by atoms with Gasteiger partial charge in [-0.25, -0.2) is 19.4 Å². The minimum absolute atomic E-state index is 0.129. The quantitative estimate of drug-likeness (QED) is 0.624. The van der Waals surface area contributed by atoms with E-state index in [1.165, 1.54) is 29.5 Å². The number of nitrogens with zero attached hydrogens (tertiary/aromatic N) is 5. The van der Waals surface area contributed by atoms with E-state index in [1.54, 1.807) is 12.3 Å². The van der Waals surface area contributed by atoms with Crippen molar-refractivity contribution in [3.8, 4) is 5.69 Å². The van der Waals surface area contributed by atoms with Gasteiger partial charge >= 0.3 is 12.2 Å². The number of carbonyl (C=O) groups is 1. The third-order valence-electron chi connectivity index (χ3n) is 4.84. The largest absolute Gasteiger partial charge is 0.418 e. The molecule has 0 bridgehead atoms. The van der Waals surface area contributed by atoms with Gasteiger partial charge in [-0.2, -0.15) is 18.3 Å². The summed E-state index contributed by atoms with van der Waals surface area (Å²) in [5, 5.41) is 8.69. The number of urea groups is 1. The zero-order valence-electron chi connectivity index (χ0n) is 16.8. The van der Waals surface area contributed by atoms with Gasteiger partial charge in [0.2, 0.25) is 0 Å². The first-order valence-electron chi connectivity index (χ1n) is 9.79. The molecule has 0 spiro atoms. The molecule has 1 saturated heterocycles. The van der Waals surface area contributed by atoms with Crippen LogP contribution >= 0.6 is 0 Å². The summed E-state index contributed by atoms with van der Waals surface area (Å²) in [4.78, 5) is 22.4. The maximum absolute atomic E-state index is 13.6. The minimum atomic E-state index is -4.67. The molecule has 0 aliphatic carbocycles. The summed E-state index contributed by atoms with van der Waals surface area (Å²) in [5.41, 5.74) is -0.399. The molecule has 1 aliphatic rings. The van der Waals surface area contributed by atoms with Crippen molar-refractivity contribution in [1.29, 1.82) is 0 Å². The van der Waals surface area contributed by atoms with Crippen molar-refractivity contribution in [2.75, 3.05) is 36.5 Å². The topological polar surface area (TPSA) is 97.2 Å². The number of rotatable bonds is 5. The molecule has 9 nitrogen and oxygen atoms in total. The molecule has 1 aromatic carbocycles. The molecular weight excluding hydrogens is 427 g/mol. The van der Waals surface area contributed by atoms with Crippen LogP contribution in [0.2, 0.25) is 0 Å². The number of morpholine rings is 1. The SMILES string of the molecule is O=C(NCc1ccnc(N2CCOCC2)c1)Nc1ccc(-n2cncn2)cc1C(F)(F)F. The van der Waals surface area contributed by atoms with Crippen LogP contribution in [0.15, 0.2) is 49.2 Å². The van der Waals surface area contributed by atoms with Crippen molar-refractivity contribution >= 4 is 17.5 Å². The Balaban J connectivity index is 1.43. The molecule has 168 valence electrons. The molecule has 0 saturated carbocycles. The highest BCUT2D eigenvalue weighted by Crippen LogP contribution is 2.36. The fourth-order valence-electron chi connectivity index (χ4n) is 3.24. The summed E-state index contributed by atoms with van der Waals surface area (Å²) in [7, 11) is 0. The fraction of sp³-hybridized carbons (Fsp3) is 0.300. The number of anilines is 2. The maximum Gasteiger partial charge on any atom is 0.418 e. The minimum Gasteiger partial charge on any atom is -0.378 e. The predicted octanol–water partition coefficient (Wildman–Crippen LogP) is 2.84. The van der Waals surface area contributed by atoms with Gasteiger partial charge < -0.3 is 20.3 Å². The number of carbonyl (C=O) groups excluding carboxylic acids is 1. The first-order chi connectivity index (χ1) is 15.4. The van der Waals surface area contributed by atoms with E-state index in [-0.39, 0.29) is 17.9 Å². The molecule has 4 rings (SSSR count). The Morgan fingerprint density at radius 2 is 1.97 bits per heavy atom. The van der Waals surface area contributed by atoms with E-state index in [9.17, 15) is 18.0 Å². The second-order valence-electron chi connectivity index (χ2n) is 7.00. The van der Waals surface area contributed by atoms with Crippen molar-refractivity contribution in [3.63, 3.8) is 0 Å². The number of hydrogen-bond acceptors (Lipinski definition) is 6. The summed E-state index contributed by atoms with van der Waals surface area (Å²) >= 11 is 0. The number of alkyl halides is 3. The summed E-state index contributed by atoms with van der Waals surface area (Å²) in [6, 6.07) is 6.31. The van der Waals surface area contributed by atoms with E-state index in [0.717, 1.165) is 30.5 Å². The normalized spacial score (nSPS) is 14.3. The molecular formula is C20H20F3N7O2. The van der Waals surface area contributed by atoms with Crippen LogP contribution in [0.3, 0.4) is 0 Å². The van der Waals surface area contributed by atoms with Crippen LogP contribution in [-0.2, 0) is 17.5 Å². The van der Waals surface area contributed by atoms with Gasteiger partial charge in [-0.3, -0.25) is 0 Å². The number of amides is 2. The molecule has 0 atom stereocenters. The third-order valence-corrected chi connectivity index (χ3v) is 4.84. The average Bonchev–Trinajstić information content (AvgIpc) is 3.33. The molecule has 3 heterocycles. The number of aromatic nitrogens is 4. The lowest BCUT2D eigenvalue weighted by Gasteiger charge is -2.28. The highest BCUT2D eigenvalue weighted by molar-refractivity contribution is 5.90. The van der Waals surface area contributed by atoms with Crippen LogP contribution in [0.25, 0.3) is 5.69 Å². The molecule has 0 unspecified atom stereocenters. The first kappa shape index (κ1) is 21.6. The number of benzene rings is 1. The van der Waals surface area contributed by atoms with Crippen molar-refractivity contribution < 1.29 is 22.7 Å². The number of ether oxygens (including phenoxy) is 1. The van der Waals surface area contributed by atoms with E-state index in [2.05, 4.69) is 30.6 Å². The average molecular weight is 447 g/mol. The van der Waals surface area contributed by atoms with E-state index >= 15 is 0 Å². The number of hydrogen-bond donors (Lipinski definition) is 2. The van der Waals surface area contributed by atoms with E-state index < -0.39 is 17.8 Å². The van der Waals surface area contributed by atoms with Gasteiger partial charge in [0.1, 0.15) is 18.5 Å². The highest BCUT2D eigenvalue weighted by atomic mass is 19.4. The van der Waals surface area contributed by atoms with Crippen LogP contribution in [0.1, 0.15) is 11.1 Å². The smallest absolute Gasteiger partial charge is 0.378 e. The zero-order valence-corrected chi connectivity index (χ0v) is 16.8. The predicted molar refractivity (Wildman–Crippen MR) is 109 cm³/mol. The fourth-order valence-corrected chi connectivity index (χ4v) is 3.24. The molecule has 2 N–H and O–H groups in total. The first-order valence-corrected chi connectivity index (χ1v) is 9.79. The Morgan fingerprint density at radius 3 is 2.69 bits per heavy atom. The standard InChI is InChI=1S/C20H20F3N7O2/c21-20(22,23)16-10-15(30-13-24-12-27-30)1-2-17(16)28-19(31)26-11-14-3-4-25-18(9-14)29-5-7-32-8-6-29/h1-4,9-10,12-13H,5-8,11H2,(H2,26,28,31). The van der Waals surface area contributed by atoms with Crippen LogP contribution in [0.4, 0.5) is 29.5 Å². The van der Waals surface area contributed by atoms with Crippen LogP contribution in [-0.4, -0.2) is 52.1 Å². The summed E-state index contributed by atoms with van der Waals surface area (Å²) in [6.45, 7) is 2.79. The molecule has 3 aromatic rings. The van der Waals surface area contributed by atoms with Gasteiger partial charge in [-0.15, -0.1) is 0 Å². The van der Waals surface area contributed by atoms with Crippen molar-refractivity contribution in [3.05, 3.63) is 60.3 Å². The van der Waals surface area contributed by atoms with Crippen molar-refractivity contribution in [2.45, 2.75) is 12.7 Å². The van der Waals surface area contributed by atoms with Gasteiger partial charge in [0.25, 0.3) is 0 Å². The monoisotopic (exact) mass is 447 g/mol. The second-order valence-corrected chi connectivity index (χ2v) is 7.00.